The SMILES string of the molecule is Fc1c(F)c(F)c(-c2cc(N3CCCCC3)nc(C(F)(F)C(F)(F)C(F)(F)C(F)(F)F)n2)c(F)c1F. The van der Waals surface area contributed by atoms with Crippen LogP contribution in [0.15, 0.2) is 6.07 Å². The van der Waals surface area contributed by atoms with Crippen LogP contribution in [0.1, 0.15) is 25.1 Å². The minimum atomic E-state index is -7.35. The summed E-state index contributed by atoms with van der Waals surface area (Å²) in [4.78, 5) is 6.48. The molecule has 1 saturated heterocycles. The average Bonchev–Trinajstić information content (AvgIpc) is 2.81. The summed E-state index contributed by atoms with van der Waals surface area (Å²) in [5.74, 6) is -38.0. The van der Waals surface area contributed by atoms with Crippen LogP contribution in [0.4, 0.5) is 67.3 Å². The summed E-state index contributed by atoms with van der Waals surface area (Å²) >= 11 is 0. The third kappa shape index (κ3) is 4.19. The van der Waals surface area contributed by atoms with Gasteiger partial charge in [-0.3, -0.25) is 0 Å². The number of aromatic nitrogens is 2. The number of piperidine rings is 1. The number of alkyl halides is 9. The lowest BCUT2D eigenvalue weighted by Gasteiger charge is -2.33. The lowest BCUT2D eigenvalue weighted by atomic mass is 10.0. The highest BCUT2D eigenvalue weighted by Gasteiger charge is 2.83. The van der Waals surface area contributed by atoms with Gasteiger partial charge in [-0.25, -0.2) is 31.9 Å². The second kappa shape index (κ2) is 8.90. The molecule has 1 aliphatic rings. The molecule has 2 aromatic rings. The molecule has 1 fully saturated rings. The molecule has 1 aromatic heterocycles. The Bertz CT molecular complexity index is 1130. The summed E-state index contributed by atoms with van der Waals surface area (Å²) in [7, 11) is 0. The van der Waals surface area contributed by atoms with E-state index in [2.05, 4.69) is 9.97 Å². The van der Waals surface area contributed by atoms with Crippen LogP contribution < -0.4 is 4.90 Å². The predicted molar refractivity (Wildman–Crippen MR) is 93.2 cm³/mol. The maximum absolute atomic E-state index is 14.6. The first-order valence-electron chi connectivity index (χ1n) is 9.72. The van der Waals surface area contributed by atoms with Crippen molar-refractivity contribution in [3.8, 4) is 11.3 Å². The van der Waals surface area contributed by atoms with Crippen LogP contribution >= 0.6 is 0 Å². The third-order valence-corrected chi connectivity index (χ3v) is 5.28. The van der Waals surface area contributed by atoms with Crippen molar-refractivity contribution in [2.75, 3.05) is 18.0 Å². The van der Waals surface area contributed by atoms with E-state index >= 15 is 0 Å². The molecular weight excluding hydrogens is 536 g/mol. The molecule has 1 aromatic carbocycles. The fraction of sp³-hybridized carbons (Fsp3) is 0.474. The minimum Gasteiger partial charge on any atom is -0.356 e. The maximum atomic E-state index is 14.6. The molecule has 3 nitrogen and oxygen atoms in total. The smallest absolute Gasteiger partial charge is 0.356 e. The van der Waals surface area contributed by atoms with Crippen molar-refractivity contribution < 1.29 is 61.5 Å². The Balaban J connectivity index is 2.32. The van der Waals surface area contributed by atoms with Gasteiger partial charge in [0.15, 0.2) is 23.3 Å². The van der Waals surface area contributed by atoms with Crippen molar-refractivity contribution in [2.45, 2.75) is 43.2 Å². The van der Waals surface area contributed by atoms with Crippen molar-refractivity contribution >= 4 is 5.82 Å². The number of nitrogens with zero attached hydrogens (tertiary/aromatic N) is 3. The highest BCUT2D eigenvalue weighted by molar-refractivity contribution is 5.65. The Labute approximate surface area is 191 Å². The van der Waals surface area contributed by atoms with Crippen LogP contribution in [-0.4, -0.2) is 41.1 Å². The van der Waals surface area contributed by atoms with Gasteiger partial charge in [0.1, 0.15) is 5.82 Å². The van der Waals surface area contributed by atoms with Crippen LogP contribution in [0.5, 0.6) is 0 Å². The van der Waals surface area contributed by atoms with Gasteiger partial charge in [0.25, 0.3) is 0 Å². The molecule has 2 heterocycles. The van der Waals surface area contributed by atoms with Gasteiger partial charge in [0.2, 0.25) is 11.6 Å². The summed E-state index contributed by atoms with van der Waals surface area (Å²) in [6.45, 7) is -0.151. The van der Waals surface area contributed by atoms with Crippen molar-refractivity contribution in [1.29, 1.82) is 0 Å². The second-order valence-electron chi connectivity index (χ2n) is 7.65. The lowest BCUT2D eigenvalue weighted by molar-refractivity contribution is -0.400. The van der Waals surface area contributed by atoms with E-state index in [1.807, 2.05) is 0 Å². The molecule has 0 spiro atoms. The van der Waals surface area contributed by atoms with Crippen LogP contribution in [0.3, 0.4) is 0 Å². The molecule has 0 unspecified atom stereocenters. The van der Waals surface area contributed by atoms with Gasteiger partial charge in [0.05, 0.1) is 11.3 Å². The number of anilines is 1. The van der Waals surface area contributed by atoms with Crippen LogP contribution in [0, 0.1) is 29.1 Å². The standard InChI is InChI=1S/C19H11F14N3/c20-10-9(11(21)13(23)14(24)12(10)22)7-6-8(36-4-2-1-3-5-36)35-15(34-7)16(25,26)17(27,28)18(29,30)19(31,32)33/h6H,1-5H2. The fourth-order valence-corrected chi connectivity index (χ4v) is 3.33. The molecule has 0 aliphatic carbocycles. The molecule has 17 heteroatoms. The van der Waals surface area contributed by atoms with Crippen LogP contribution in [-0.2, 0) is 5.92 Å². The van der Waals surface area contributed by atoms with Gasteiger partial charge >= 0.3 is 23.9 Å². The largest absolute Gasteiger partial charge is 0.460 e. The highest BCUT2D eigenvalue weighted by atomic mass is 19.4. The number of halogens is 14. The monoisotopic (exact) mass is 547 g/mol. The summed E-state index contributed by atoms with van der Waals surface area (Å²) < 4.78 is 190. The van der Waals surface area contributed by atoms with E-state index in [0.29, 0.717) is 25.3 Å². The molecule has 0 N–H and O–H groups in total. The number of hydrogen-bond acceptors (Lipinski definition) is 3. The fourth-order valence-electron chi connectivity index (χ4n) is 3.33. The zero-order chi connectivity index (χ0) is 27.4. The van der Waals surface area contributed by atoms with Gasteiger partial charge in [-0.2, -0.15) is 39.5 Å². The molecule has 200 valence electrons. The van der Waals surface area contributed by atoms with Crippen LogP contribution in [0.25, 0.3) is 11.3 Å². The van der Waals surface area contributed by atoms with Crippen molar-refractivity contribution in [2.24, 2.45) is 0 Å². The van der Waals surface area contributed by atoms with Gasteiger partial charge < -0.3 is 4.90 Å². The molecule has 0 radical (unpaired) electrons. The quantitative estimate of drug-likeness (QED) is 0.236. The summed E-state index contributed by atoms with van der Waals surface area (Å²) in [6, 6.07) is 0.350. The molecule has 0 atom stereocenters. The zero-order valence-corrected chi connectivity index (χ0v) is 17.2. The zero-order valence-electron chi connectivity index (χ0n) is 17.2. The molecule has 1 aliphatic heterocycles. The van der Waals surface area contributed by atoms with Gasteiger partial charge in [-0.05, 0) is 19.3 Å². The van der Waals surface area contributed by atoms with Crippen molar-refractivity contribution in [1.82, 2.24) is 9.97 Å². The molecular formula is C19H11F14N3. The summed E-state index contributed by atoms with van der Waals surface area (Å²) in [5.41, 5.74) is -3.67. The molecule has 3 rings (SSSR count). The molecule has 0 amide bonds. The van der Waals surface area contributed by atoms with Gasteiger partial charge in [-0.1, -0.05) is 0 Å². The van der Waals surface area contributed by atoms with Crippen molar-refractivity contribution in [3.05, 3.63) is 41.0 Å². The number of hydrogen-bond donors (Lipinski definition) is 0. The first kappa shape index (κ1) is 27.7. The highest BCUT2D eigenvalue weighted by Crippen LogP contribution is 2.56. The Morgan fingerprint density at radius 1 is 0.611 bits per heavy atom. The summed E-state index contributed by atoms with van der Waals surface area (Å²) in [5, 5.41) is 0. The normalized spacial score (nSPS) is 16.0. The van der Waals surface area contributed by atoms with E-state index in [-0.39, 0.29) is 13.1 Å². The van der Waals surface area contributed by atoms with E-state index in [4.69, 9.17) is 0 Å². The Morgan fingerprint density at radius 3 is 1.56 bits per heavy atom. The molecule has 36 heavy (non-hydrogen) atoms. The first-order valence-corrected chi connectivity index (χ1v) is 9.72. The van der Waals surface area contributed by atoms with Crippen molar-refractivity contribution in [3.63, 3.8) is 0 Å². The van der Waals surface area contributed by atoms with E-state index in [1.165, 1.54) is 0 Å². The molecule has 0 bridgehead atoms. The Morgan fingerprint density at radius 2 is 1.08 bits per heavy atom. The lowest BCUT2D eigenvalue weighted by Crippen LogP contribution is -2.60. The summed E-state index contributed by atoms with van der Waals surface area (Å²) in [6.07, 6.45) is -5.99. The minimum absolute atomic E-state index is 0.0757. The van der Waals surface area contributed by atoms with E-state index in [0.717, 1.165) is 4.90 Å². The maximum Gasteiger partial charge on any atom is 0.460 e. The van der Waals surface area contributed by atoms with E-state index < -0.39 is 75.9 Å². The Hall–Kier alpha value is -2.88. The average molecular weight is 547 g/mol. The van der Waals surface area contributed by atoms with E-state index in [1.54, 1.807) is 0 Å². The number of benzene rings is 1. The second-order valence-corrected chi connectivity index (χ2v) is 7.65. The Kier molecular flexibility index (Phi) is 6.85. The first-order chi connectivity index (χ1) is 16.4. The number of rotatable bonds is 5. The van der Waals surface area contributed by atoms with E-state index in [9.17, 15) is 61.5 Å². The molecule has 0 saturated carbocycles. The third-order valence-electron chi connectivity index (χ3n) is 5.28. The topological polar surface area (TPSA) is 29.0 Å². The predicted octanol–water partition coefficient (Wildman–Crippen LogP) is 6.75. The van der Waals surface area contributed by atoms with Crippen LogP contribution in [0.2, 0.25) is 0 Å². The van der Waals surface area contributed by atoms with Gasteiger partial charge in [0, 0.05) is 19.2 Å². The van der Waals surface area contributed by atoms with Gasteiger partial charge in [-0.15, -0.1) is 0 Å².